The number of piperazine rings is 1. The van der Waals surface area contributed by atoms with Gasteiger partial charge < -0.3 is 15.0 Å². The highest BCUT2D eigenvalue weighted by Crippen LogP contribution is 2.31. The standard InChI is InChI=1S/C20H19Cl2N3O2/c21-13-1-4-15(5-2-13)24-7-9-25(10-8-24)19(20(26)27)17-12-23-18-6-3-14(22)11-16(17)18/h1-6,11-12,19,23H,7-10H2,(H,26,27)/t19-/m0/s1. The largest absolute Gasteiger partial charge is 0.480 e. The number of nitrogens with one attached hydrogen (secondary N) is 1. The lowest BCUT2D eigenvalue weighted by Gasteiger charge is -2.38. The summed E-state index contributed by atoms with van der Waals surface area (Å²) in [6, 6.07) is 12.5. The van der Waals surface area contributed by atoms with Crippen molar-refractivity contribution in [3.8, 4) is 0 Å². The molecule has 0 saturated carbocycles. The lowest BCUT2D eigenvalue weighted by atomic mass is 10.0. The number of carboxylic acid groups (broad SMARTS) is 1. The number of anilines is 1. The Labute approximate surface area is 167 Å². The molecule has 1 saturated heterocycles. The molecule has 2 heterocycles. The smallest absolute Gasteiger partial charge is 0.325 e. The molecule has 1 aromatic heterocycles. The second-order valence-corrected chi connectivity index (χ2v) is 7.55. The topological polar surface area (TPSA) is 59.6 Å². The highest BCUT2D eigenvalue weighted by Gasteiger charge is 2.32. The van der Waals surface area contributed by atoms with Gasteiger partial charge in [0.05, 0.1) is 0 Å². The molecule has 2 aromatic carbocycles. The lowest BCUT2D eigenvalue weighted by molar-refractivity contribution is -0.143. The van der Waals surface area contributed by atoms with Gasteiger partial charge in [-0.3, -0.25) is 9.69 Å². The number of H-pyrrole nitrogens is 1. The molecule has 1 aliphatic heterocycles. The van der Waals surface area contributed by atoms with Gasteiger partial charge in [-0.2, -0.15) is 0 Å². The molecule has 7 heteroatoms. The van der Waals surface area contributed by atoms with E-state index in [0.29, 0.717) is 23.1 Å². The van der Waals surface area contributed by atoms with Crippen molar-refractivity contribution in [1.82, 2.24) is 9.88 Å². The van der Waals surface area contributed by atoms with Crippen LogP contribution in [0.1, 0.15) is 11.6 Å². The molecule has 0 radical (unpaired) electrons. The molecule has 2 N–H and O–H groups in total. The Balaban J connectivity index is 1.56. The number of halogens is 2. The second-order valence-electron chi connectivity index (χ2n) is 6.67. The number of nitrogens with zero attached hydrogens (tertiary/aromatic N) is 2. The van der Waals surface area contributed by atoms with E-state index in [4.69, 9.17) is 23.2 Å². The van der Waals surface area contributed by atoms with Gasteiger partial charge in [0.25, 0.3) is 0 Å². The Morgan fingerprint density at radius 1 is 1.00 bits per heavy atom. The Morgan fingerprint density at radius 2 is 1.67 bits per heavy atom. The van der Waals surface area contributed by atoms with Crippen molar-refractivity contribution in [2.45, 2.75) is 6.04 Å². The van der Waals surface area contributed by atoms with Gasteiger partial charge in [-0.1, -0.05) is 23.2 Å². The monoisotopic (exact) mass is 403 g/mol. The maximum absolute atomic E-state index is 12.1. The zero-order chi connectivity index (χ0) is 19.0. The normalized spacial score (nSPS) is 16.6. The predicted octanol–water partition coefficient (Wildman–Crippen LogP) is 4.42. The number of carboxylic acids is 1. The lowest BCUT2D eigenvalue weighted by Crippen LogP contribution is -2.49. The van der Waals surface area contributed by atoms with E-state index in [1.165, 1.54) is 0 Å². The van der Waals surface area contributed by atoms with Crippen LogP contribution in [0.5, 0.6) is 0 Å². The molecule has 0 spiro atoms. The van der Waals surface area contributed by atoms with Crippen molar-refractivity contribution in [3.63, 3.8) is 0 Å². The fourth-order valence-electron chi connectivity index (χ4n) is 3.72. The van der Waals surface area contributed by atoms with Crippen LogP contribution in [-0.4, -0.2) is 47.1 Å². The summed E-state index contributed by atoms with van der Waals surface area (Å²) in [7, 11) is 0. The van der Waals surface area contributed by atoms with Crippen LogP contribution in [0.4, 0.5) is 5.69 Å². The Kier molecular flexibility index (Phi) is 5.00. The van der Waals surface area contributed by atoms with Crippen molar-refractivity contribution in [2.24, 2.45) is 0 Å². The highest BCUT2D eigenvalue weighted by molar-refractivity contribution is 6.31. The first-order valence-corrected chi connectivity index (χ1v) is 9.52. The average Bonchev–Trinajstić information content (AvgIpc) is 3.06. The number of hydrogen-bond acceptors (Lipinski definition) is 3. The van der Waals surface area contributed by atoms with E-state index in [1.807, 2.05) is 41.3 Å². The number of aliphatic carboxylic acids is 1. The number of hydrogen-bond donors (Lipinski definition) is 2. The zero-order valence-corrected chi connectivity index (χ0v) is 16.0. The third kappa shape index (κ3) is 3.63. The first-order valence-electron chi connectivity index (χ1n) is 8.77. The molecule has 0 amide bonds. The quantitative estimate of drug-likeness (QED) is 0.676. The number of carbonyl (C=O) groups is 1. The van der Waals surface area contributed by atoms with E-state index >= 15 is 0 Å². The number of fused-ring (bicyclic) bond motifs is 1. The molecule has 1 atom stereocenters. The van der Waals surface area contributed by atoms with Crippen LogP contribution in [0.3, 0.4) is 0 Å². The van der Waals surface area contributed by atoms with E-state index in [1.54, 1.807) is 12.3 Å². The zero-order valence-electron chi connectivity index (χ0n) is 14.5. The average molecular weight is 404 g/mol. The van der Waals surface area contributed by atoms with Gasteiger partial charge in [0.1, 0.15) is 6.04 Å². The number of aromatic nitrogens is 1. The first-order chi connectivity index (χ1) is 13.0. The maximum Gasteiger partial charge on any atom is 0.325 e. The fraction of sp³-hybridized carbons (Fsp3) is 0.250. The molecular weight excluding hydrogens is 385 g/mol. The highest BCUT2D eigenvalue weighted by atomic mass is 35.5. The van der Waals surface area contributed by atoms with Crippen LogP contribution in [0.2, 0.25) is 10.0 Å². The molecule has 27 heavy (non-hydrogen) atoms. The summed E-state index contributed by atoms with van der Waals surface area (Å²) in [5.74, 6) is -0.851. The van der Waals surface area contributed by atoms with Crippen molar-refractivity contribution in [1.29, 1.82) is 0 Å². The molecular formula is C20H19Cl2N3O2. The Hall–Kier alpha value is -2.21. The third-order valence-electron chi connectivity index (χ3n) is 5.08. The SMILES string of the molecule is O=C(O)[C@H](c1c[nH]c2ccc(Cl)cc12)N1CCN(c2ccc(Cl)cc2)CC1. The van der Waals surface area contributed by atoms with Gasteiger partial charge in [-0.05, 0) is 42.5 Å². The van der Waals surface area contributed by atoms with Crippen LogP contribution >= 0.6 is 23.2 Å². The van der Waals surface area contributed by atoms with Crippen molar-refractivity contribution >= 4 is 45.8 Å². The van der Waals surface area contributed by atoms with Crippen LogP contribution in [-0.2, 0) is 4.79 Å². The van der Waals surface area contributed by atoms with Crippen molar-refractivity contribution in [2.75, 3.05) is 31.1 Å². The van der Waals surface area contributed by atoms with Crippen molar-refractivity contribution < 1.29 is 9.90 Å². The Morgan fingerprint density at radius 3 is 2.33 bits per heavy atom. The van der Waals surface area contributed by atoms with E-state index < -0.39 is 12.0 Å². The number of aromatic amines is 1. The van der Waals surface area contributed by atoms with Crippen LogP contribution < -0.4 is 4.90 Å². The first kappa shape index (κ1) is 18.2. The predicted molar refractivity (Wildman–Crippen MR) is 109 cm³/mol. The molecule has 140 valence electrons. The minimum Gasteiger partial charge on any atom is -0.480 e. The minimum absolute atomic E-state index is 0.597. The number of rotatable bonds is 4. The fourth-order valence-corrected chi connectivity index (χ4v) is 4.01. The molecule has 0 bridgehead atoms. The van der Waals surface area contributed by atoms with Gasteiger partial charge >= 0.3 is 5.97 Å². The molecule has 5 nitrogen and oxygen atoms in total. The van der Waals surface area contributed by atoms with Crippen LogP contribution in [0.15, 0.2) is 48.7 Å². The molecule has 4 rings (SSSR count). The molecule has 0 unspecified atom stereocenters. The van der Waals surface area contributed by atoms with E-state index in [0.717, 1.165) is 35.2 Å². The summed E-state index contributed by atoms with van der Waals surface area (Å²) in [4.78, 5) is 19.5. The van der Waals surface area contributed by atoms with Crippen LogP contribution in [0, 0.1) is 0 Å². The summed E-state index contributed by atoms with van der Waals surface area (Å²) < 4.78 is 0. The summed E-state index contributed by atoms with van der Waals surface area (Å²) in [5.41, 5.74) is 2.74. The molecule has 1 fully saturated rings. The van der Waals surface area contributed by atoms with Gasteiger partial charge in [-0.25, -0.2) is 0 Å². The van der Waals surface area contributed by atoms with Crippen LogP contribution in [0.25, 0.3) is 10.9 Å². The minimum atomic E-state index is -0.851. The molecule has 1 aliphatic rings. The summed E-state index contributed by atoms with van der Waals surface area (Å²) in [5, 5.41) is 12.1. The van der Waals surface area contributed by atoms with Gasteiger partial charge in [-0.15, -0.1) is 0 Å². The van der Waals surface area contributed by atoms with E-state index in [9.17, 15) is 9.90 Å². The van der Waals surface area contributed by atoms with E-state index in [2.05, 4.69) is 9.88 Å². The van der Waals surface area contributed by atoms with Gasteiger partial charge in [0.2, 0.25) is 0 Å². The van der Waals surface area contributed by atoms with Crippen molar-refractivity contribution in [3.05, 3.63) is 64.3 Å². The third-order valence-corrected chi connectivity index (χ3v) is 5.56. The summed E-state index contributed by atoms with van der Waals surface area (Å²) >= 11 is 12.1. The molecule has 3 aromatic rings. The Bertz CT molecular complexity index is 963. The second kappa shape index (κ2) is 7.43. The van der Waals surface area contributed by atoms with Gasteiger partial charge in [0.15, 0.2) is 0 Å². The van der Waals surface area contributed by atoms with E-state index in [-0.39, 0.29) is 0 Å². The van der Waals surface area contributed by atoms with Gasteiger partial charge in [0, 0.05) is 64.6 Å². The number of benzene rings is 2. The summed E-state index contributed by atoms with van der Waals surface area (Å²) in [6.07, 6.45) is 1.78. The molecule has 0 aliphatic carbocycles. The maximum atomic E-state index is 12.1. The summed E-state index contributed by atoms with van der Waals surface area (Å²) in [6.45, 7) is 2.84.